The van der Waals surface area contributed by atoms with E-state index in [0.717, 1.165) is 5.56 Å². The van der Waals surface area contributed by atoms with Gasteiger partial charge in [-0.05, 0) is 25.4 Å². The molecular weight excluding hydrogens is 287 g/mol. The second kappa shape index (κ2) is 7.28. The van der Waals surface area contributed by atoms with Crippen molar-refractivity contribution in [3.05, 3.63) is 35.9 Å². The molecule has 1 aliphatic heterocycles. The van der Waals surface area contributed by atoms with Crippen molar-refractivity contribution in [2.24, 2.45) is 0 Å². The van der Waals surface area contributed by atoms with Crippen LogP contribution in [0.4, 0.5) is 4.79 Å². The van der Waals surface area contributed by atoms with Crippen LogP contribution in [0.3, 0.4) is 0 Å². The molecule has 8 heteroatoms. The maximum Gasteiger partial charge on any atom is 0.407 e. The van der Waals surface area contributed by atoms with Gasteiger partial charge >= 0.3 is 19.1 Å². The largest absolute Gasteiger partial charge is 0.480 e. The molecule has 2 atom stereocenters. The quantitative estimate of drug-likeness (QED) is 0.687. The zero-order valence-electron chi connectivity index (χ0n) is 12.3. The fraction of sp³-hybridized carbons (Fsp3) is 0.429. The van der Waals surface area contributed by atoms with Gasteiger partial charge in [0.2, 0.25) is 0 Å². The highest BCUT2D eigenvalue weighted by molar-refractivity contribution is 6.45. The summed E-state index contributed by atoms with van der Waals surface area (Å²) in [4.78, 5) is 24.6. The zero-order valence-corrected chi connectivity index (χ0v) is 12.3. The van der Waals surface area contributed by atoms with Crippen molar-refractivity contribution in [2.45, 2.75) is 31.9 Å². The van der Waals surface area contributed by atoms with Gasteiger partial charge < -0.3 is 25.0 Å². The summed E-state index contributed by atoms with van der Waals surface area (Å²) >= 11 is 0. The number of hydrogen-bond donors (Lipinski definition) is 3. The average Bonchev–Trinajstić information content (AvgIpc) is 2.90. The van der Waals surface area contributed by atoms with E-state index in [1.165, 1.54) is 11.6 Å². The van der Waals surface area contributed by atoms with Crippen molar-refractivity contribution in [3.63, 3.8) is 0 Å². The fourth-order valence-corrected chi connectivity index (χ4v) is 2.62. The van der Waals surface area contributed by atoms with Gasteiger partial charge in [-0.3, -0.25) is 4.79 Å². The van der Waals surface area contributed by atoms with Crippen molar-refractivity contribution >= 4 is 19.1 Å². The lowest BCUT2D eigenvalue weighted by molar-refractivity contribution is -0.141. The van der Waals surface area contributed by atoms with Gasteiger partial charge in [0.15, 0.2) is 0 Å². The first-order valence-electron chi connectivity index (χ1n) is 7.13. The number of hydrogen-bond acceptors (Lipinski definition) is 5. The SMILES string of the molecule is CB(O)N1CC[C@@H](NC(=O)OCc2ccccc2)[C@@H]1C(=O)O. The molecule has 0 spiro atoms. The molecule has 118 valence electrons. The molecule has 1 aromatic rings. The van der Waals surface area contributed by atoms with E-state index in [9.17, 15) is 19.7 Å². The van der Waals surface area contributed by atoms with E-state index in [4.69, 9.17) is 4.74 Å². The number of benzene rings is 1. The van der Waals surface area contributed by atoms with Crippen LogP contribution in [0.25, 0.3) is 0 Å². The molecule has 1 aliphatic rings. The van der Waals surface area contributed by atoms with Crippen LogP contribution >= 0.6 is 0 Å². The summed E-state index contributed by atoms with van der Waals surface area (Å²) in [5.74, 6) is -1.08. The van der Waals surface area contributed by atoms with Crippen molar-refractivity contribution in [1.29, 1.82) is 0 Å². The molecule has 1 aromatic carbocycles. The number of carboxylic acids is 1. The van der Waals surface area contributed by atoms with Crippen molar-refractivity contribution in [2.75, 3.05) is 6.54 Å². The molecule has 1 fully saturated rings. The Balaban J connectivity index is 1.89. The van der Waals surface area contributed by atoms with Crippen LogP contribution in [0.15, 0.2) is 30.3 Å². The molecule has 0 bridgehead atoms. The van der Waals surface area contributed by atoms with E-state index in [1.807, 2.05) is 30.3 Å². The molecular formula is C14H19BN2O5. The van der Waals surface area contributed by atoms with Gasteiger partial charge in [0.05, 0.1) is 6.04 Å². The molecule has 3 N–H and O–H groups in total. The van der Waals surface area contributed by atoms with Crippen LogP contribution in [-0.2, 0) is 16.1 Å². The Morgan fingerprint density at radius 2 is 2.09 bits per heavy atom. The number of carbonyl (C=O) groups excluding carboxylic acids is 1. The standard InChI is InChI=1S/C14H19BN2O5/c1-15(21)17-8-7-11(12(17)13(18)19)16-14(20)22-9-10-5-3-2-4-6-10/h2-6,11-12,21H,7-9H2,1H3,(H,16,20)(H,18,19)/t11-,12-/m1/s1. The molecule has 0 aromatic heterocycles. The first-order valence-corrected chi connectivity index (χ1v) is 7.13. The second-order valence-corrected chi connectivity index (χ2v) is 5.25. The molecule has 7 nitrogen and oxygen atoms in total. The summed E-state index contributed by atoms with van der Waals surface area (Å²) in [5.41, 5.74) is 0.851. The molecule has 0 saturated carbocycles. The van der Waals surface area contributed by atoms with Crippen molar-refractivity contribution < 1.29 is 24.5 Å². The fourth-order valence-electron chi connectivity index (χ4n) is 2.62. The van der Waals surface area contributed by atoms with Crippen LogP contribution in [0.2, 0.25) is 6.82 Å². The Labute approximate surface area is 129 Å². The number of amides is 1. The first kappa shape index (κ1) is 16.3. The summed E-state index contributed by atoms with van der Waals surface area (Å²) in [7, 11) is -0.881. The number of carbonyl (C=O) groups is 2. The van der Waals surface area contributed by atoms with Crippen molar-refractivity contribution in [1.82, 2.24) is 10.1 Å². The number of carboxylic acid groups (broad SMARTS) is 1. The lowest BCUT2D eigenvalue weighted by atomic mass is 9.84. The Morgan fingerprint density at radius 1 is 1.41 bits per heavy atom. The Bertz CT molecular complexity index is 525. The van der Waals surface area contributed by atoms with E-state index in [0.29, 0.717) is 13.0 Å². The third-order valence-electron chi connectivity index (χ3n) is 3.69. The highest BCUT2D eigenvalue weighted by Gasteiger charge is 2.43. The Kier molecular flexibility index (Phi) is 5.40. The highest BCUT2D eigenvalue weighted by atomic mass is 16.5. The number of alkyl carbamates (subject to hydrolysis) is 1. The van der Waals surface area contributed by atoms with Gasteiger partial charge in [0.1, 0.15) is 12.6 Å². The number of aliphatic carboxylic acids is 1. The maximum atomic E-state index is 11.8. The van der Waals surface area contributed by atoms with E-state index < -0.39 is 31.2 Å². The minimum absolute atomic E-state index is 0.122. The smallest absolute Gasteiger partial charge is 0.407 e. The summed E-state index contributed by atoms with van der Waals surface area (Å²) in [6.45, 7) is 2.03. The normalized spacial score (nSPS) is 21.4. The van der Waals surface area contributed by atoms with Gasteiger partial charge in [0, 0.05) is 0 Å². The predicted molar refractivity (Wildman–Crippen MR) is 80.1 cm³/mol. The number of nitrogens with one attached hydrogen (secondary N) is 1. The predicted octanol–water partition coefficient (Wildman–Crippen LogP) is 0.551. The molecule has 0 aliphatic carbocycles. The lowest BCUT2D eigenvalue weighted by Crippen LogP contribution is -2.53. The summed E-state index contributed by atoms with van der Waals surface area (Å²) in [5, 5.41) is 21.4. The third kappa shape index (κ3) is 3.99. The molecule has 1 saturated heterocycles. The van der Waals surface area contributed by atoms with Gasteiger partial charge in [0.25, 0.3) is 0 Å². The molecule has 22 heavy (non-hydrogen) atoms. The topological polar surface area (TPSA) is 99.1 Å². The lowest BCUT2D eigenvalue weighted by Gasteiger charge is -2.25. The first-order chi connectivity index (χ1) is 10.5. The third-order valence-corrected chi connectivity index (χ3v) is 3.69. The van der Waals surface area contributed by atoms with Gasteiger partial charge in [-0.1, -0.05) is 30.3 Å². The van der Waals surface area contributed by atoms with E-state index in [-0.39, 0.29) is 6.61 Å². The van der Waals surface area contributed by atoms with Crippen molar-refractivity contribution in [3.8, 4) is 0 Å². The number of nitrogens with zero attached hydrogens (tertiary/aromatic N) is 1. The second-order valence-electron chi connectivity index (χ2n) is 5.25. The molecule has 0 radical (unpaired) electrons. The van der Waals surface area contributed by atoms with Gasteiger partial charge in [-0.2, -0.15) is 0 Å². The molecule has 1 amide bonds. The summed E-state index contributed by atoms with van der Waals surface area (Å²) in [6.07, 6.45) is -0.213. The molecule has 0 unspecified atom stereocenters. The van der Waals surface area contributed by atoms with E-state index in [1.54, 1.807) is 0 Å². The van der Waals surface area contributed by atoms with Crippen LogP contribution in [0.1, 0.15) is 12.0 Å². The van der Waals surface area contributed by atoms with Gasteiger partial charge in [-0.15, -0.1) is 0 Å². The molecule has 1 heterocycles. The van der Waals surface area contributed by atoms with Crippen LogP contribution < -0.4 is 5.32 Å². The summed E-state index contributed by atoms with van der Waals surface area (Å²) in [6, 6.07) is 7.67. The number of ether oxygens (including phenoxy) is 1. The monoisotopic (exact) mass is 306 g/mol. The van der Waals surface area contributed by atoms with E-state index >= 15 is 0 Å². The Hall–Kier alpha value is -2.06. The summed E-state index contributed by atoms with van der Waals surface area (Å²) < 4.78 is 5.09. The zero-order chi connectivity index (χ0) is 16.1. The number of rotatable bonds is 5. The Morgan fingerprint density at radius 3 is 2.68 bits per heavy atom. The highest BCUT2D eigenvalue weighted by Crippen LogP contribution is 2.19. The van der Waals surface area contributed by atoms with Gasteiger partial charge in [-0.25, -0.2) is 4.79 Å². The molecule has 2 rings (SSSR count). The van der Waals surface area contributed by atoms with Crippen LogP contribution in [-0.4, -0.2) is 52.7 Å². The average molecular weight is 306 g/mol. The minimum atomic E-state index is -1.08. The van der Waals surface area contributed by atoms with Crippen LogP contribution in [0.5, 0.6) is 0 Å². The maximum absolute atomic E-state index is 11.8. The van der Waals surface area contributed by atoms with E-state index in [2.05, 4.69) is 5.32 Å². The van der Waals surface area contributed by atoms with Crippen LogP contribution in [0, 0.1) is 0 Å². The minimum Gasteiger partial charge on any atom is -0.480 e.